The van der Waals surface area contributed by atoms with E-state index in [4.69, 9.17) is 11.6 Å². The van der Waals surface area contributed by atoms with E-state index >= 15 is 0 Å². The van der Waals surface area contributed by atoms with Crippen LogP contribution in [0.4, 0.5) is 5.69 Å². The van der Waals surface area contributed by atoms with Crippen molar-refractivity contribution in [3.8, 4) is 5.75 Å². The van der Waals surface area contributed by atoms with Gasteiger partial charge in [-0.05, 0) is 42.7 Å². The number of nitrogens with one attached hydrogen (secondary N) is 1. The van der Waals surface area contributed by atoms with E-state index in [-0.39, 0.29) is 5.75 Å². The highest BCUT2D eigenvalue weighted by molar-refractivity contribution is 8.00. The van der Waals surface area contributed by atoms with Gasteiger partial charge >= 0.3 is 0 Å². The second-order valence-corrected chi connectivity index (χ2v) is 7.01. The van der Waals surface area contributed by atoms with E-state index in [9.17, 15) is 5.11 Å². The molecular weight excluding hydrogens is 324 g/mol. The Bertz CT molecular complexity index is 788. The molecule has 1 aromatic heterocycles. The van der Waals surface area contributed by atoms with Gasteiger partial charge < -0.3 is 10.4 Å². The lowest BCUT2D eigenvalue weighted by Crippen LogP contribution is -1.99. The van der Waals surface area contributed by atoms with Gasteiger partial charge in [-0.3, -0.25) is 0 Å². The summed E-state index contributed by atoms with van der Waals surface area (Å²) in [6.45, 7) is 0.520. The molecule has 0 spiro atoms. The molecular formula is C15H13ClN2OS2. The van der Waals surface area contributed by atoms with Crippen LogP contribution in [0.2, 0.25) is 5.02 Å². The van der Waals surface area contributed by atoms with Crippen molar-refractivity contribution in [3.05, 3.63) is 47.0 Å². The number of thiazole rings is 1. The molecule has 3 nitrogen and oxygen atoms in total. The number of aromatic hydroxyl groups is 1. The van der Waals surface area contributed by atoms with Gasteiger partial charge in [-0.2, -0.15) is 0 Å². The Morgan fingerprint density at radius 3 is 2.95 bits per heavy atom. The summed E-state index contributed by atoms with van der Waals surface area (Å²) in [5.41, 5.74) is 2.79. The molecule has 0 saturated heterocycles. The first-order chi connectivity index (χ1) is 10.2. The van der Waals surface area contributed by atoms with Crippen LogP contribution >= 0.6 is 34.7 Å². The number of halogens is 1. The molecule has 108 valence electrons. The van der Waals surface area contributed by atoms with Gasteiger partial charge in [0.25, 0.3) is 0 Å². The lowest BCUT2D eigenvalue weighted by atomic mass is 10.2. The molecule has 6 heteroatoms. The normalized spacial score (nSPS) is 11.0. The largest absolute Gasteiger partial charge is 0.508 e. The minimum absolute atomic E-state index is 0.246. The summed E-state index contributed by atoms with van der Waals surface area (Å²) in [6, 6.07) is 11.1. The molecule has 0 aliphatic heterocycles. The van der Waals surface area contributed by atoms with E-state index in [0.717, 1.165) is 25.8 Å². The minimum Gasteiger partial charge on any atom is -0.508 e. The lowest BCUT2D eigenvalue weighted by molar-refractivity contribution is 0.469. The highest BCUT2D eigenvalue weighted by Gasteiger charge is 2.05. The van der Waals surface area contributed by atoms with Crippen LogP contribution < -0.4 is 5.32 Å². The van der Waals surface area contributed by atoms with Crippen LogP contribution in [0, 0.1) is 0 Å². The molecule has 0 unspecified atom stereocenters. The molecule has 3 aromatic rings. The third-order valence-corrected chi connectivity index (χ3v) is 5.31. The number of phenolic OH excluding ortho intramolecular Hbond substituents is 1. The maximum Gasteiger partial charge on any atom is 0.150 e. The first-order valence-corrected chi connectivity index (χ1v) is 8.73. The lowest BCUT2D eigenvalue weighted by Gasteiger charge is -2.08. The fourth-order valence-corrected chi connectivity index (χ4v) is 3.72. The number of hydrogen-bond donors (Lipinski definition) is 2. The van der Waals surface area contributed by atoms with E-state index < -0.39 is 0 Å². The molecule has 2 aromatic carbocycles. The molecule has 0 fully saturated rings. The number of phenols is 1. The summed E-state index contributed by atoms with van der Waals surface area (Å²) in [6.07, 6.45) is 2.03. The molecule has 21 heavy (non-hydrogen) atoms. The van der Waals surface area contributed by atoms with Crippen molar-refractivity contribution in [2.24, 2.45) is 0 Å². The maximum atomic E-state index is 9.81. The first kappa shape index (κ1) is 14.5. The zero-order valence-corrected chi connectivity index (χ0v) is 13.6. The van der Waals surface area contributed by atoms with Gasteiger partial charge in [-0.25, -0.2) is 4.98 Å². The van der Waals surface area contributed by atoms with Crippen LogP contribution in [0.25, 0.3) is 10.2 Å². The smallest absolute Gasteiger partial charge is 0.150 e. The van der Waals surface area contributed by atoms with Gasteiger partial charge in [-0.15, -0.1) is 11.3 Å². The molecule has 2 N–H and O–H groups in total. The summed E-state index contributed by atoms with van der Waals surface area (Å²) < 4.78 is 2.22. The number of benzene rings is 2. The highest BCUT2D eigenvalue weighted by Crippen LogP contribution is 2.30. The molecule has 0 aliphatic carbocycles. The van der Waals surface area contributed by atoms with Crippen molar-refractivity contribution < 1.29 is 5.11 Å². The average molecular weight is 337 g/mol. The van der Waals surface area contributed by atoms with Crippen LogP contribution in [0.1, 0.15) is 5.56 Å². The molecule has 0 amide bonds. The SMILES string of the molecule is CSc1nc2ccc(NCc3cc(Cl)ccc3O)cc2s1. The van der Waals surface area contributed by atoms with E-state index in [1.54, 1.807) is 41.3 Å². The van der Waals surface area contributed by atoms with Gasteiger partial charge in [0.05, 0.1) is 10.2 Å². The predicted molar refractivity (Wildman–Crippen MR) is 91.8 cm³/mol. The Morgan fingerprint density at radius 2 is 2.14 bits per heavy atom. The number of nitrogens with zero attached hydrogens (tertiary/aromatic N) is 1. The Balaban J connectivity index is 1.80. The van der Waals surface area contributed by atoms with E-state index in [0.29, 0.717) is 11.6 Å². The second-order valence-electron chi connectivity index (χ2n) is 4.49. The number of fused-ring (bicyclic) bond motifs is 1. The standard InChI is InChI=1S/C15H13ClN2OS2/c1-20-15-18-12-4-3-11(7-14(12)21-15)17-8-9-6-10(16)2-5-13(9)19/h2-7,17,19H,8H2,1H3. The number of anilines is 1. The van der Waals surface area contributed by atoms with Gasteiger partial charge in [0.1, 0.15) is 5.75 Å². The number of aromatic nitrogens is 1. The van der Waals surface area contributed by atoms with Crippen molar-refractivity contribution in [1.29, 1.82) is 0 Å². The number of thioether (sulfide) groups is 1. The summed E-state index contributed by atoms with van der Waals surface area (Å²) >= 11 is 9.28. The molecule has 0 atom stereocenters. The van der Waals surface area contributed by atoms with Gasteiger partial charge in [0, 0.05) is 22.8 Å². The molecule has 0 radical (unpaired) electrons. The first-order valence-electron chi connectivity index (χ1n) is 6.31. The predicted octanol–water partition coefficient (Wildman–Crippen LogP) is 4.99. The number of hydrogen-bond acceptors (Lipinski definition) is 5. The molecule has 3 rings (SSSR count). The van der Waals surface area contributed by atoms with E-state index in [2.05, 4.69) is 16.4 Å². The van der Waals surface area contributed by atoms with E-state index in [1.807, 2.05) is 18.4 Å². The average Bonchev–Trinajstić information content (AvgIpc) is 2.90. The quantitative estimate of drug-likeness (QED) is 0.659. The van der Waals surface area contributed by atoms with Crippen molar-refractivity contribution in [3.63, 3.8) is 0 Å². The Morgan fingerprint density at radius 1 is 1.29 bits per heavy atom. The minimum atomic E-state index is 0.246. The van der Waals surface area contributed by atoms with Crippen molar-refractivity contribution in [1.82, 2.24) is 4.98 Å². The zero-order chi connectivity index (χ0) is 14.8. The molecule has 0 bridgehead atoms. The molecule has 1 heterocycles. The summed E-state index contributed by atoms with van der Waals surface area (Å²) in [7, 11) is 0. The Kier molecular flexibility index (Phi) is 4.24. The molecule has 0 aliphatic rings. The van der Waals surface area contributed by atoms with Crippen LogP contribution in [0.3, 0.4) is 0 Å². The van der Waals surface area contributed by atoms with Crippen molar-refractivity contribution >= 4 is 50.6 Å². The maximum absolute atomic E-state index is 9.81. The van der Waals surface area contributed by atoms with Gasteiger partial charge in [0.15, 0.2) is 4.34 Å². The summed E-state index contributed by atoms with van der Waals surface area (Å²) in [5, 5.41) is 13.7. The Hall–Kier alpha value is -1.43. The van der Waals surface area contributed by atoms with Crippen molar-refractivity contribution in [2.45, 2.75) is 10.9 Å². The van der Waals surface area contributed by atoms with Crippen molar-refractivity contribution in [2.75, 3.05) is 11.6 Å². The summed E-state index contributed by atoms with van der Waals surface area (Å²) in [4.78, 5) is 4.51. The Labute approximate surface area is 136 Å². The monoisotopic (exact) mass is 336 g/mol. The van der Waals surface area contributed by atoms with Crippen LogP contribution in [0.15, 0.2) is 40.7 Å². The van der Waals surface area contributed by atoms with Crippen LogP contribution in [-0.2, 0) is 6.54 Å². The fraction of sp³-hybridized carbons (Fsp3) is 0.133. The van der Waals surface area contributed by atoms with Crippen LogP contribution in [-0.4, -0.2) is 16.3 Å². The van der Waals surface area contributed by atoms with Gasteiger partial charge in [-0.1, -0.05) is 23.4 Å². The second kappa shape index (κ2) is 6.13. The zero-order valence-electron chi connectivity index (χ0n) is 11.3. The molecule has 0 saturated carbocycles. The third kappa shape index (κ3) is 3.26. The van der Waals surface area contributed by atoms with Crippen LogP contribution in [0.5, 0.6) is 5.75 Å². The third-order valence-electron chi connectivity index (χ3n) is 3.07. The van der Waals surface area contributed by atoms with Gasteiger partial charge in [0.2, 0.25) is 0 Å². The highest BCUT2D eigenvalue weighted by atomic mass is 35.5. The van der Waals surface area contributed by atoms with E-state index in [1.165, 1.54) is 0 Å². The number of rotatable bonds is 4. The summed E-state index contributed by atoms with van der Waals surface area (Å²) in [5.74, 6) is 0.246. The topological polar surface area (TPSA) is 45.2 Å². The fourth-order valence-electron chi connectivity index (χ4n) is 1.99.